The summed E-state index contributed by atoms with van der Waals surface area (Å²) in [6.45, 7) is 10.8. The number of rotatable bonds is 10. The summed E-state index contributed by atoms with van der Waals surface area (Å²) in [4.78, 5) is 74.2. The molecule has 1 radical (unpaired) electrons. The molecule has 18 nitrogen and oxygen atoms in total. The number of carbonyl (C=O) groups is 4. The zero-order chi connectivity index (χ0) is 37.6. The first-order valence-electron chi connectivity index (χ1n) is 15.1. The van der Waals surface area contributed by atoms with Crippen molar-refractivity contribution in [1.29, 1.82) is 0 Å². The van der Waals surface area contributed by atoms with E-state index in [0.29, 0.717) is 11.1 Å². The summed E-state index contributed by atoms with van der Waals surface area (Å²) < 4.78 is 0. The van der Waals surface area contributed by atoms with Crippen molar-refractivity contribution in [3.63, 3.8) is 0 Å². The van der Waals surface area contributed by atoms with Gasteiger partial charge >= 0.3 is 17.1 Å². The third-order valence-corrected chi connectivity index (χ3v) is 6.55. The first-order valence-corrected chi connectivity index (χ1v) is 15.1. The fraction of sp³-hybridized carbons (Fsp3) is 0.235. The number of amides is 2. The van der Waals surface area contributed by atoms with E-state index in [1.807, 2.05) is 27.7 Å². The third kappa shape index (κ3) is 18.1. The summed E-state index contributed by atoms with van der Waals surface area (Å²) in [7, 11) is 0. The molecule has 0 fully saturated rings. The molecular formula is C34H40CuN6O12. The largest absolute Gasteiger partial charge is 2.00 e. The minimum absolute atomic E-state index is 0. The number of nitro groups is 2. The molecule has 0 aliphatic carbocycles. The molecule has 4 rings (SSSR count). The Morgan fingerprint density at radius 1 is 0.547 bits per heavy atom. The summed E-state index contributed by atoms with van der Waals surface area (Å²) >= 11 is 0. The second-order valence-electron chi connectivity index (χ2n) is 9.62. The van der Waals surface area contributed by atoms with Crippen LogP contribution in [0.2, 0.25) is 0 Å². The molecule has 2 amide bonds. The van der Waals surface area contributed by atoms with Crippen molar-refractivity contribution in [2.45, 2.75) is 27.7 Å². The van der Waals surface area contributed by atoms with E-state index in [0.717, 1.165) is 74.7 Å². The number of hydrogen-bond acceptors (Lipinski definition) is 12. The van der Waals surface area contributed by atoms with E-state index in [1.165, 1.54) is 0 Å². The minimum atomic E-state index is -1.34. The van der Waals surface area contributed by atoms with Gasteiger partial charge in [0.2, 0.25) is 0 Å². The topological polar surface area (TPSA) is 296 Å². The molecule has 0 saturated heterocycles. The maximum absolute atomic E-state index is 11.7. The van der Waals surface area contributed by atoms with Crippen LogP contribution in [0.4, 0.5) is 11.4 Å². The molecule has 53 heavy (non-hydrogen) atoms. The molecule has 0 aliphatic rings. The van der Waals surface area contributed by atoms with E-state index in [1.54, 1.807) is 58.9 Å². The predicted octanol–water partition coefficient (Wildman–Crippen LogP) is 1.39. The SMILES string of the molecule is CCN(CC)C(=O)c1cccnc1.CCN(CC)C(=O)c1cccnc1.O.O.O=C([O-])c1ccc([N+](=O)[O-])cc1.O=C([O-])c1ccc([N+](=O)[O-])cc1.[Cu+2]. The number of aromatic carboxylic acids is 2. The van der Waals surface area contributed by atoms with Crippen LogP contribution in [0.25, 0.3) is 0 Å². The van der Waals surface area contributed by atoms with Crippen LogP contribution in [0, 0.1) is 20.2 Å². The van der Waals surface area contributed by atoms with Gasteiger partial charge in [-0.1, -0.05) is 0 Å². The molecule has 289 valence electrons. The van der Waals surface area contributed by atoms with Gasteiger partial charge in [0.05, 0.1) is 32.9 Å². The van der Waals surface area contributed by atoms with E-state index < -0.39 is 21.8 Å². The first-order chi connectivity index (χ1) is 23.8. The summed E-state index contributed by atoms with van der Waals surface area (Å²) in [5.74, 6) is -2.58. The van der Waals surface area contributed by atoms with Gasteiger partial charge in [0.15, 0.2) is 0 Å². The average Bonchev–Trinajstić information content (AvgIpc) is 3.14. The number of non-ortho nitro benzene ring substituents is 2. The van der Waals surface area contributed by atoms with E-state index in [-0.39, 0.29) is 62.3 Å². The number of carbonyl (C=O) groups excluding carboxylic acids is 4. The zero-order valence-electron chi connectivity index (χ0n) is 29.1. The molecule has 19 heteroatoms. The molecule has 0 spiro atoms. The number of nitro benzene ring substituents is 2. The maximum atomic E-state index is 11.7. The number of aromatic nitrogens is 2. The Kier molecular flexibility index (Phi) is 26.6. The van der Waals surface area contributed by atoms with Gasteiger partial charge in [-0.2, -0.15) is 0 Å². The summed E-state index contributed by atoms with van der Waals surface area (Å²) in [6.07, 6.45) is 6.53. The van der Waals surface area contributed by atoms with Crippen molar-refractivity contribution >= 4 is 35.1 Å². The first kappa shape index (κ1) is 51.2. The molecule has 2 heterocycles. The smallest absolute Gasteiger partial charge is 0.545 e. The van der Waals surface area contributed by atoms with Gasteiger partial charge in [0.1, 0.15) is 0 Å². The number of carboxylic acid groups (broad SMARTS) is 2. The molecular weight excluding hydrogens is 748 g/mol. The van der Waals surface area contributed by atoms with Crippen LogP contribution in [0.5, 0.6) is 0 Å². The van der Waals surface area contributed by atoms with Crippen LogP contribution >= 0.6 is 0 Å². The monoisotopic (exact) mass is 787 g/mol. The molecule has 4 N–H and O–H groups in total. The van der Waals surface area contributed by atoms with Crippen molar-refractivity contribution in [3.05, 3.63) is 140 Å². The fourth-order valence-electron chi connectivity index (χ4n) is 3.80. The standard InChI is InChI=1S/2C10H14N2O.2C7H5NO4.Cu.2H2O/c2*1-3-12(4-2)10(13)9-6-5-7-11-8-9;2*9-7(10)5-1-3-6(4-2-5)8(11)12;;;/h2*5-8H,3-4H2,1-2H3;2*1-4H,(H,9,10);;2*1H2/q;;;;+2;;/p-2. The average molecular weight is 788 g/mol. The molecule has 0 unspecified atom stereocenters. The number of benzene rings is 2. The van der Waals surface area contributed by atoms with Gasteiger partial charge in [0, 0.05) is 75.2 Å². The van der Waals surface area contributed by atoms with Gasteiger partial charge in [-0.25, -0.2) is 0 Å². The van der Waals surface area contributed by atoms with E-state index >= 15 is 0 Å². The quantitative estimate of drug-likeness (QED) is 0.125. The van der Waals surface area contributed by atoms with Gasteiger partial charge in [-0.3, -0.25) is 39.8 Å². The Morgan fingerprint density at radius 3 is 1.02 bits per heavy atom. The number of pyridine rings is 2. The van der Waals surface area contributed by atoms with Crippen LogP contribution in [0.15, 0.2) is 97.6 Å². The van der Waals surface area contributed by atoms with Crippen LogP contribution < -0.4 is 10.2 Å². The normalized spacial score (nSPS) is 8.98. The van der Waals surface area contributed by atoms with Gasteiger partial charge in [0.25, 0.3) is 23.2 Å². The Bertz CT molecular complexity index is 1500. The number of carboxylic acids is 2. The summed E-state index contributed by atoms with van der Waals surface area (Å²) in [5, 5.41) is 40.7. The van der Waals surface area contributed by atoms with Gasteiger partial charge < -0.3 is 40.6 Å². The van der Waals surface area contributed by atoms with Crippen molar-refractivity contribution in [3.8, 4) is 0 Å². The summed E-state index contributed by atoms with van der Waals surface area (Å²) in [5.41, 5.74) is 0.901. The van der Waals surface area contributed by atoms with Crippen molar-refractivity contribution in [1.82, 2.24) is 19.8 Å². The molecule has 0 saturated carbocycles. The van der Waals surface area contributed by atoms with Crippen LogP contribution in [0.1, 0.15) is 69.1 Å². The van der Waals surface area contributed by atoms with E-state index in [9.17, 15) is 49.6 Å². The molecule has 4 aromatic rings. The second kappa shape index (κ2) is 27.6. The van der Waals surface area contributed by atoms with Crippen LogP contribution in [-0.4, -0.2) is 90.5 Å². The number of hydrogen-bond donors (Lipinski definition) is 0. The fourth-order valence-corrected chi connectivity index (χ4v) is 3.80. The minimum Gasteiger partial charge on any atom is -0.545 e. The summed E-state index contributed by atoms with van der Waals surface area (Å²) in [6, 6.07) is 16.1. The van der Waals surface area contributed by atoms with E-state index in [4.69, 9.17) is 0 Å². The Balaban J connectivity index is -0.000000618. The van der Waals surface area contributed by atoms with Crippen LogP contribution in [-0.2, 0) is 17.1 Å². The van der Waals surface area contributed by atoms with Crippen molar-refractivity contribution < 1.29 is 67.3 Å². The van der Waals surface area contributed by atoms with E-state index in [2.05, 4.69) is 9.97 Å². The zero-order valence-corrected chi connectivity index (χ0v) is 30.1. The molecule has 2 aromatic carbocycles. The molecule has 0 bridgehead atoms. The maximum Gasteiger partial charge on any atom is 2.00 e. The molecule has 2 aromatic heterocycles. The predicted molar refractivity (Wildman–Crippen MR) is 185 cm³/mol. The Hall–Kier alpha value is -6.14. The van der Waals surface area contributed by atoms with Crippen LogP contribution in [0.3, 0.4) is 0 Å². The Labute approximate surface area is 315 Å². The molecule has 0 atom stereocenters. The van der Waals surface area contributed by atoms with Gasteiger partial charge in [-0.05, 0) is 87.4 Å². The third-order valence-electron chi connectivity index (χ3n) is 6.55. The van der Waals surface area contributed by atoms with Crippen molar-refractivity contribution in [2.75, 3.05) is 26.2 Å². The van der Waals surface area contributed by atoms with Crippen molar-refractivity contribution in [2.24, 2.45) is 0 Å². The molecule has 0 aliphatic heterocycles. The van der Waals surface area contributed by atoms with Gasteiger partial charge in [-0.15, -0.1) is 0 Å². The second-order valence-corrected chi connectivity index (χ2v) is 9.62. The number of nitrogens with zero attached hydrogens (tertiary/aromatic N) is 6. The Morgan fingerprint density at radius 2 is 0.830 bits per heavy atom.